The van der Waals surface area contributed by atoms with Crippen LogP contribution in [0.2, 0.25) is 0 Å². The Labute approximate surface area is 247 Å². The average Bonchev–Trinajstić information content (AvgIpc) is 3.46. The van der Waals surface area contributed by atoms with Crippen LogP contribution in [0.1, 0.15) is 35.6 Å². The lowest BCUT2D eigenvalue weighted by molar-refractivity contribution is -0.134. The standard InChI is InChI=1S/C28H26BrN3O6S2/c1-37-17-8-6-16(7-9-17)32-26(34)22-21(23-25(30-28(36)40-23)39-24(22)27(32)35)18-13-15(29)5-10-19(18)38-14-20(33)31-11-3-2-4-12-31/h5-10,13,21-22,24H,2-4,11-12,14H2,1H3,(H,30,36)/t21-,22?,24?/m1/s1. The minimum absolute atomic E-state index is 0.0876. The van der Waals surface area contributed by atoms with Crippen LogP contribution in [0.25, 0.3) is 0 Å². The summed E-state index contributed by atoms with van der Waals surface area (Å²) < 4.78 is 12.1. The number of amides is 3. The predicted octanol–water partition coefficient (Wildman–Crippen LogP) is 4.39. The van der Waals surface area contributed by atoms with E-state index in [1.165, 1.54) is 16.7 Å². The van der Waals surface area contributed by atoms with E-state index in [0.717, 1.165) is 48.2 Å². The number of likely N-dealkylation sites (tertiary alicyclic amines) is 1. The number of piperidine rings is 1. The van der Waals surface area contributed by atoms with Gasteiger partial charge in [-0.3, -0.25) is 19.2 Å². The molecule has 3 amide bonds. The molecule has 3 atom stereocenters. The zero-order valence-electron chi connectivity index (χ0n) is 21.6. The van der Waals surface area contributed by atoms with E-state index in [-0.39, 0.29) is 29.2 Å². The van der Waals surface area contributed by atoms with Crippen molar-refractivity contribution in [3.8, 4) is 11.5 Å². The fraction of sp³-hybridized carbons (Fsp3) is 0.357. The van der Waals surface area contributed by atoms with Crippen molar-refractivity contribution >= 4 is 62.4 Å². The van der Waals surface area contributed by atoms with Crippen molar-refractivity contribution in [1.82, 2.24) is 9.88 Å². The summed E-state index contributed by atoms with van der Waals surface area (Å²) in [5.74, 6) is -1.11. The minimum Gasteiger partial charge on any atom is -0.497 e. The monoisotopic (exact) mass is 643 g/mol. The molecular formula is C28H26BrN3O6S2. The van der Waals surface area contributed by atoms with Crippen LogP contribution in [0.3, 0.4) is 0 Å². The summed E-state index contributed by atoms with van der Waals surface area (Å²) in [6.45, 7) is 1.31. The van der Waals surface area contributed by atoms with Gasteiger partial charge in [-0.05, 0) is 61.7 Å². The lowest BCUT2D eigenvalue weighted by Crippen LogP contribution is -2.38. The van der Waals surface area contributed by atoms with Crippen LogP contribution < -0.4 is 19.2 Å². The van der Waals surface area contributed by atoms with Gasteiger partial charge in [0.2, 0.25) is 11.8 Å². The van der Waals surface area contributed by atoms with Crippen LogP contribution >= 0.6 is 39.0 Å². The number of rotatable bonds is 6. The normalized spacial score (nSPS) is 22.2. The number of benzene rings is 2. The number of aromatic amines is 1. The minimum atomic E-state index is -0.770. The number of hydrogen-bond donors (Lipinski definition) is 1. The van der Waals surface area contributed by atoms with Gasteiger partial charge in [-0.25, -0.2) is 4.90 Å². The first-order chi connectivity index (χ1) is 19.4. The summed E-state index contributed by atoms with van der Waals surface area (Å²) in [4.78, 5) is 59.4. The zero-order valence-corrected chi connectivity index (χ0v) is 24.8. The molecule has 0 bridgehead atoms. The molecule has 6 rings (SSSR count). The first-order valence-electron chi connectivity index (χ1n) is 13.0. The van der Waals surface area contributed by atoms with Gasteiger partial charge in [0.05, 0.1) is 23.7 Å². The van der Waals surface area contributed by atoms with Crippen molar-refractivity contribution < 1.29 is 23.9 Å². The summed E-state index contributed by atoms with van der Waals surface area (Å²) in [7, 11) is 1.55. The van der Waals surface area contributed by atoms with Gasteiger partial charge in [0.25, 0.3) is 5.91 Å². The number of halogens is 1. The first kappa shape index (κ1) is 27.1. The fourth-order valence-electron chi connectivity index (χ4n) is 5.61. The smallest absolute Gasteiger partial charge is 0.305 e. The summed E-state index contributed by atoms with van der Waals surface area (Å²) in [6, 6.07) is 12.2. The molecule has 2 saturated heterocycles. The molecule has 0 saturated carbocycles. The van der Waals surface area contributed by atoms with Crippen LogP contribution in [-0.4, -0.2) is 59.7 Å². The van der Waals surface area contributed by atoms with Gasteiger partial charge in [0.1, 0.15) is 16.7 Å². The Bertz CT molecular complexity index is 1530. The highest BCUT2D eigenvalue weighted by Gasteiger charge is 2.56. The van der Waals surface area contributed by atoms with Gasteiger partial charge < -0.3 is 19.4 Å². The van der Waals surface area contributed by atoms with Crippen molar-refractivity contribution in [1.29, 1.82) is 0 Å². The number of carbonyl (C=O) groups excluding carboxylic acids is 3. The maximum atomic E-state index is 14.0. The third kappa shape index (κ3) is 4.86. The van der Waals surface area contributed by atoms with Gasteiger partial charge in [-0.15, -0.1) is 0 Å². The van der Waals surface area contributed by atoms with Gasteiger partial charge in [0.15, 0.2) is 6.61 Å². The number of hydrogen-bond acceptors (Lipinski definition) is 8. The number of fused-ring (bicyclic) bond motifs is 2. The van der Waals surface area contributed by atoms with Gasteiger partial charge >= 0.3 is 4.87 Å². The molecule has 208 valence electrons. The second-order valence-corrected chi connectivity index (χ2v) is 13.0. The molecule has 2 unspecified atom stereocenters. The average molecular weight is 645 g/mol. The molecule has 2 aromatic carbocycles. The number of thioether (sulfide) groups is 1. The highest BCUT2D eigenvalue weighted by atomic mass is 79.9. The number of thiazole rings is 1. The number of imide groups is 1. The third-order valence-electron chi connectivity index (χ3n) is 7.52. The number of ether oxygens (including phenoxy) is 2. The highest BCUT2D eigenvalue weighted by Crippen LogP contribution is 2.54. The number of methoxy groups -OCH3 is 1. The Kier molecular flexibility index (Phi) is 7.49. The predicted molar refractivity (Wildman–Crippen MR) is 155 cm³/mol. The van der Waals surface area contributed by atoms with E-state index in [0.29, 0.717) is 32.7 Å². The Morgan fingerprint density at radius 1 is 1.05 bits per heavy atom. The molecule has 3 aliphatic heterocycles. The van der Waals surface area contributed by atoms with Gasteiger partial charge in [-0.1, -0.05) is 39.0 Å². The van der Waals surface area contributed by atoms with Crippen LogP contribution in [0, 0.1) is 5.92 Å². The Morgan fingerprint density at radius 3 is 2.52 bits per heavy atom. The number of anilines is 1. The summed E-state index contributed by atoms with van der Waals surface area (Å²) >= 11 is 5.79. The van der Waals surface area contributed by atoms with Crippen molar-refractivity contribution in [2.24, 2.45) is 5.92 Å². The summed E-state index contributed by atoms with van der Waals surface area (Å²) in [6.07, 6.45) is 3.08. The van der Waals surface area contributed by atoms with E-state index in [4.69, 9.17) is 9.47 Å². The summed E-state index contributed by atoms with van der Waals surface area (Å²) in [5, 5.41) is -0.159. The molecule has 0 radical (unpaired) electrons. The molecule has 3 aromatic rings. The van der Waals surface area contributed by atoms with Gasteiger partial charge in [0, 0.05) is 33.9 Å². The van der Waals surface area contributed by atoms with Crippen molar-refractivity contribution in [2.75, 3.05) is 31.7 Å². The Morgan fingerprint density at radius 2 is 1.80 bits per heavy atom. The molecule has 40 heavy (non-hydrogen) atoms. The quantitative estimate of drug-likeness (QED) is 0.397. The fourth-order valence-corrected chi connectivity index (χ4v) is 8.49. The molecular weight excluding hydrogens is 618 g/mol. The van der Waals surface area contributed by atoms with Crippen LogP contribution in [0.4, 0.5) is 5.69 Å². The second kappa shape index (κ2) is 11.1. The van der Waals surface area contributed by atoms with Crippen molar-refractivity contribution in [3.63, 3.8) is 0 Å². The molecule has 3 aliphatic rings. The number of H-pyrrole nitrogens is 1. The van der Waals surface area contributed by atoms with Crippen molar-refractivity contribution in [2.45, 2.75) is 35.5 Å². The van der Waals surface area contributed by atoms with E-state index in [9.17, 15) is 19.2 Å². The SMILES string of the molecule is COc1ccc(N2C(=O)C3Sc4[nH]c(=O)sc4[C@H](c4cc(Br)ccc4OCC(=O)N4CCCCC4)C3C2=O)cc1. The molecule has 0 aliphatic carbocycles. The Hall–Kier alpha value is -3.09. The van der Waals surface area contributed by atoms with Crippen molar-refractivity contribution in [3.05, 3.63) is 67.0 Å². The topological polar surface area (TPSA) is 109 Å². The first-order valence-corrected chi connectivity index (χ1v) is 15.5. The second-order valence-electron chi connectivity index (χ2n) is 9.87. The number of carbonyl (C=O) groups is 3. The zero-order chi connectivity index (χ0) is 28.0. The van der Waals surface area contributed by atoms with E-state index in [1.807, 2.05) is 17.0 Å². The largest absolute Gasteiger partial charge is 0.497 e. The lowest BCUT2D eigenvalue weighted by Gasteiger charge is -2.31. The maximum Gasteiger partial charge on any atom is 0.305 e. The van der Waals surface area contributed by atoms with E-state index < -0.39 is 17.1 Å². The third-order valence-corrected chi connectivity index (χ3v) is 10.4. The van der Waals surface area contributed by atoms with Crippen LogP contribution in [0.5, 0.6) is 11.5 Å². The van der Waals surface area contributed by atoms with E-state index in [2.05, 4.69) is 20.9 Å². The molecule has 2 fully saturated rings. The molecule has 4 heterocycles. The maximum absolute atomic E-state index is 14.0. The molecule has 1 N–H and O–H groups in total. The van der Waals surface area contributed by atoms with Gasteiger partial charge in [-0.2, -0.15) is 0 Å². The van der Waals surface area contributed by atoms with E-state index >= 15 is 0 Å². The summed E-state index contributed by atoms with van der Waals surface area (Å²) in [5.41, 5.74) is 1.10. The Balaban J connectivity index is 1.38. The lowest BCUT2D eigenvalue weighted by atomic mass is 9.82. The highest BCUT2D eigenvalue weighted by molar-refractivity contribution is 9.10. The van der Waals surface area contributed by atoms with E-state index in [1.54, 1.807) is 37.4 Å². The molecule has 1 aromatic heterocycles. The molecule has 12 heteroatoms. The molecule has 9 nitrogen and oxygen atoms in total. The number of nitrogens with zero attached hydrogens (tertiary/aromatic N) is 2. The van der Waals surface area contributed by atoms with Crippen LogP contribution in [0.15, 0.2) is 56.8 Å². The van der Waals surface area contributed by atoms with Crippen LogP contribution in [-0.2, 0) is 14.4 Å². The number of nitrogens with one attached hydrogen (secondary N) is 1. The number of aromatic nitrogens is 1. The molecule has 0 spiro atoms.